The van der Waals surface area contributed by atoms with Crippen LogP contribution in [0, 0.1) is 0 Å². The predicted molar refractivity (Wildman–Crippen MR) is 89.9 cm³/mol. The van der Waals surface area contributed by atoms with E-state index in [1.165, 1.54) is 0 Å². The summed E-state index contributed by atoms with van der Waals surface area (Å²) in [6.07, 6.45) is 2.74. The Morgan fingerprint density at radius 3 is 2.67 bits per heavy atom. The highest BCUT2D eigenvalue weighted by Gasteiger charge is 2.41. The zero-order valence-electron chi connectivity index (χ0n) is 13.7. The van der Waals surface area contributed by atoms with Gasteiger partial charge in [0.15, 0.2) is 0 Å². The van der Waals surface area contributed by atoms with E-state index in [1.807, 2.05) is 30.5 Å². The van der Waals surface area contributed by atoms with Crippen LogP contribution < -0.4 is 5.32 Å². The second-order valence-electron chi connectivity index (χ2n) is 6.18. The molecule has 0 saturated carbocycles. The van der Waals surface area contributed by atoms with Gasteiger partial charge < -0.3 is 19.7 Å². The van der Waals surface area contributed by atoms with E-state index in [0.717, 1.165) is 23.0 Å². The summed E-state index contributed by atoms with van der Waals surface area (Å²) in [5, 5.41) is 13.3. The molecule has 6 nitrogen and oxygen atoms in total. The molecule has 3 rings (SSSR count). The van der Waals surface area contributed by atoms with Crippen LogP contribution in [0.3, 0.4) is 0 Å². The van der Waals surface area contributed by atoms with E-state index in [2.05, 4.69) is 16.8 Å². The van der Waals surface area contributed by atoms with Crippen molar-refractivity contribution in [2.45, 2.75) is 38.3 Å². The molecular weight excluding hydrogens is 308 g/mol. The Hall–Kier alpha value is -2.34. The summed E-state index contributed by atoms with van der Waals surface area (Å²) in [6, 6.07) is 7.93. The first kappa shape index (κ1) is 16.5. The van der Waals surface area contributed by atoms with Gasteiger partial charge in [0, 0.05) is 49.7 Å². The van der Waals surface area contributed by atoms with Crippen molar-refractivity contribution >= 4 is 22.8 Å². The predicted octanol–water partition coefficient (Wildman–Crippen LogP) is 1.95. The molecule has 24 heavy (non-hydrogen) atoms. The molecule has 2 heterocycles. The molecule has 1 fully saturated rings. The Labute approximate surface area is 140 Å². The number of rotatable bonds is 5. The molecule has 0 radical (unpaired) electrons. The van der Waals surface area contributed by atoms with Crippen LogP contribution in [0.4, 0.5) is 0 Å². The molecule has 1 aromatic heterocycles. The van der Waals surface area contributed by atoms with Gasteiger partial charge >= 0.3 is 5.97 Å². The van der Waals surface area contributed by atoms with Crippen molar-refractivity contribution in [3.8, 4) is 0 Å². The number of hydrogen-bond donors (Lipinski definition) is 2. The highest BCUT2D eigenvalue weighted by Crippen LogP contribution is 2.24. The smallest absolute Gasteiger partial charge is 0.329 e. The second kappa shape index (κ2) is 6.65. The topological polar surface area (TPSA) is 80.6 Å². The highest BCUT2D eigenvalue weighted by molar-refractivity contribution is 5.92. The molecule has 0 spiro atoms. The maximum atomic E-state index is 12.5. The van der Waals surface area contributed by atoms with Crippen LogP contribution >= 0.6 is 0 Å². The minimum atomic E-state index is -1.21. The van der Waals surface area contributed by atoms with Crippen molar-refractivity contribution in [2.75, 3.05) is 13.2 Å². The summed E-state index contributed by atoms with van der Waals surface area (Å²) in [5.74, 6) is -1.26. The van der Waals surface area contributed by atoms with E-state index >= 15 is 0 Å². The van der Waals surface area contributed by atoms with Crippen molar-refractivity contribution in [3.05, 3.63) is 36.0 Å². The summed E-state index contributed by atoms with van der Waals surface area (Å²) in [4.78, 5) is 24.2. The summed E-state index contributed by atoms with van der Waals surface area (Å²) < 4.78 is 7.33. The monoisotopic (exact) mass is 330 g/mol. The molecule has 6 heteroatoms. The van der Waals surface area contributed by atoms with Crippen LogP contribution in [-0.4, -0.2) is 40.3 Å². The fourth-order valence-corrected chi connectivity index (χ4v) is 3.32. The zero-order valence-corrected chi connectivity index (χ0v) is 13.7. The number of ether oxygens (including phenoxy) is 1. The van der Waals surface area contributed by atoms with Gasteiger partial charge in [-0.25, -0.2) is 4.79 Å². The van der Waals surface area contributed by atoms with Crippen molar-refractivity contribution in [2.24, 2.45) is 0 Å². The van der Waals surface area contributed by atoms with Crippen molar-refractivity contribution in [1.29, 1.82) is 0 Å². The van der Waals surface area contributed by atoms with Gasteiger partial charge in [0.2, 0.25) is 5.91 Å². The number of aryl methyl sites for hydroxylation is 1. The first-order valence-electron chi connectivity index (χ1n) is 8.24. The van der Waals surface area contributed by atoms with E-state index in [0.29, 0.717) is 26.1 Å². The maximum absolute atomic E-state index is 12.5. The van der Waals surface area contributed by atoms with Gasteiger partial charge in [0.05, 0.1) is 6.42 Å². The number of aromatic nitrogens is 1. The lowest BCUT2D eigenvalue weighted by molar-refractivity contribution is -0.152. The van der Waals surface area contributed by atoms with E-state index in [-0.39, 0.29) is 12.3 Å². The van der Waals surface area contributed by atoms with Gasteiger partial charge in [0.25, 0.3) is 0 Å². The van der Waals surface area contributed by atoms with Gasteiger partial charge in [-0.15, -0.1) is 0 Å². The van der Waals surface area contributed by atoms with Crippen LogP contribution in [0.5, 0.6) is 0 Å². The molecule has 1 aromatic carbocycles. The standard InChI is InChI=1S/C18H22N2O4/c1-2-20-12-13(14-5-3-4-6-15(14)20)11-16(21)19-18(17(22)23)7-9-24-10-8-18/h3-6,12H,2,7-11H2,1H3,(H,19,21)(H,22,23). The summed E-state index contributed by atoms with van der Waals surface area (Å²) >= 11 is 0. The van der Waals surface area contributed by atoms with Gasteiger partial charge in [-0.2, -0.15) is 0 Å². The molecule has 1 saturated heterocycles. The number of carbonyl (C=O) groups is 2. The van der Waals surface area contributed by atoms with Crippen LogP contribution in [-0.2, 0) is 27.3 Å². The largest absolute Gasteiger partial charge is 0.480 e. The van der Waals surface area contributed by atoms with Crippen molar-refractivity contribution in [3.63, 3.8) is 0 Å². The third-order valence-electron chi connectivity index (χ3n) is 4.70. The third-order valence-corrected chi connectivity index (χ3v) is 4.70. The SMILES string of the molecule is CCn1cc(CC(=O)NC2(C(=O)O)CCOCC2)c2ccccc21. The Morgan fingerprint density at radius 2 is 2.00 bits per heavy atom. The molecule has 0 atom stereocenters. The van der Waals surface area contributed by atoms with E-state index in [9.17, 15) is 14.7 Å². The van der Waals surface area contributed by atoms with Crippen LogP contribution in [0.15, 0.2) is 30.5 Å². The molecule has 0 aliphatic carbocycles. The number of nitrogens with one attached hydrogen (secondary N) is 1. The van der Waals surface area contributed by atoms with Gasteiger partial charge in [-0.1, -0.05) is 18.2 Å². The van der Waals surface area contributed by atoms with E-state index in [1.54, 1.807) is 0 Å². The van der Waals surface area contributed by atoms with Crippen LogP contribution in [0.2, 0.25) is 0 Å². The first-order chi connectivity index (χ1) is 11.6. The number of aliphatic carboxylic acids is 1. The van der Waals surface area contributed by atoms with Gasteiger partial charge in [-0.3, -0.25) is 4.79 Å². The number of carboxylic acid groups (broad SMARTS) is 1. The third kappa shape index (κ3) is 3.01. The number of benzene rings is 1. The highest BCUT2D eigenvalue weighted by atomic mass is 16.5. The molecule has 1 aliphatic rings. The number of hydrogen-bond acceptors (Lipinski definition) is 3. The summed E-state index contributed by atoms with van der Waals surface area (Å²) in [5.41, 5.74) is 0.790. The number of amides is 1. The molecule has 0 bridgehead atoms. The first-order valence-corrected chi connectivity index (χ1v) is 8.24. The number of nitrogens with zero attached hydrogens (tertiary/aromatic N) is 1. The van der Waals surface area contributed by atoms with Gasteiger partial charge in [-0.05, 0) is 18.6 Å². The molecule has 1 amide bonds. The fraction of sp³-hybridized carbons (Fsp3) is 0.444. The normalized spacial score (nSPS) is 16.9. The number of para-hydroxylation sites is 1. The van der Waals surface area contributed by atoms with E-state index < -0.39 is 11.5 Å². The Balaban J connectivity index is 1.81. The quantitative estimate of drug-likeness (QED) is 0.878. The Bertz CT molecular complexity index is 759. The van der Waals surface area contributed by atoms with Gasteiger partial charge in [0.1, 0.15) is 5.54 Å². The van der Waals surface area contributed by atoms with Crippen LogP contribution in [0.25, 0.3) is 10.9 Å². The number of carbonyl (C=O) groups excluding carboxylic acids is 1. The van der Waals surface area contributed by atoms with Crippen molar-refractivity contribution < 1.29 is 19.4 Å². The number of carboxylic acids is 1. The van der Waals surface area contributed by atoms with Crippen LogP contribution in [0.1, 0.15) is 25.3 Å². The summed E-state index contributed by atoms with van der Waals surface area (Å²) in [6.45, 7) is 3.57. The average Bonchev–Trinajstić information content (AvgIpc) is 2.93. The fourth-order valence-electron chi connectivity index (χ4n) is 3.32. The molecular formula is C18H22N2O4. The molecule has 0 unspecified atom stereocenters. The lowest BCUT2D eigenvalue weighted by Gasteiger charge is -2.33. The summed E-state index contributed by atoms with van der Waals surface area (Å²) in [7, 11) is 0. The zero-order chi connectivity index (χ0) is 17.2. The molecule has 2 N–H and O–H groups in total. The minimum Gasteiger partial charge on any atom is -0.480 e. The minimum absolute atomic E-state index is 0.170. The lowest BCUT2D eigenvalue weighted by atomic mass is 9.90. The second-order valence-corrected chi connectivity index (χ2v) is 6.18. The maximum Gasteiger partial charge on any atom is 0.329 e. The Morgan fingerprint density at radius 1 is 1.29 bits per heavy atom. The molecule has 128 valence electrons. The van der Waals surface area contributed by atoms with E-state index in [4.69, 9.17) is 4.74 Å². The average molecular weight is 330 g/mol. The molecule has 2 aromatic rings. The Kier molecular flexibility index (Phi) is 4.57. The lowest BCUT2D eigenvalue weighted by Crippen LogP contribution is -2.57. The molecule has 1 aliphatic heterocycles. The number of fused-ring (bicyclic) bond motifs is 1. The van der Waals surface area contributed by atoms with Crippen molar-refractivity contribution in [1.82, 2.24) is 9.88 Å².